The van der Waals surface area contributed by atoms with E-state index >= 15 is 0 Å². The van der Waals surface area contributed by atoms with E-state index in [-0.39, 0.29) is 6.10 Å². The molecule has 18 heavy (non-hydrogen) atoms. The molecule has 0 aromatic carbocycles. The van der Waals surface area contributed by atoms with Gasteiger partial charge in [-0.3, -0.25) is 4.57 Å². The number of allylic oxidation sites excluding steroid dienone is 1. The van der Waals surface area contributed by atoms with Crippen molar-refractivity contribution >= 4 is 19.2 Å². The molecule has 0 saturated heterocycles. The summed E-state index contributed by atoms with van der Waals surface area (Å²) in [5, 5.41) is 0. The minimum atomic E-state index is -3.21. The van der Waals surface area contributed by atoms with Gasteiger partial charge in [0.05, 0.1) is 24.9 Å². The van der Waals surface area contributed by atoms with Crippen molar-refractivity contribution in [2.45, 2.75) is 46.6 Å². The van der Waals surface area contributed by atoms with Gasteiger partial charge in [0.25, 0.3) is 0 Å². The first-order chi connectivity index (χ1) is 8.47. The Morgan fingerprint density at radius 3 is 2.17 bits per heavy atom. The van der Waals surface area contributed by atoms with Crippen molar-refractivity contribution < 1.29 is 18.3 Å². The van der Waals surface area contributed by atoms with Crippen LogP contribution in [0, 0.1) is 0 Å². The maximum atomic E-state index is 12.4. The van der Waals surface area contributed by atoms with Crippen molar-refractivity contribution in [3.8, 4) is 0 Å². The van der Waals surface area contributed by atoms with E-state index < -0.39 is 7.60 Å². The molecule has 0 amide bonds. The summed E-state index contributed by atoms with van der Waals surface area (Å²) in [7, 11) is -3.21. The van der Waals surface area contributed by atoms with Gasteiger partial charge < -0.3 is 13.8 Å². The topological polar surface area (TPSA) is 44.8 Å². The summed E-state index contributed by atoms with van der Waals surface area (Å²) in [5.41, 5.74) is 0. The molecule has 0 saturated carbocycles. The van der Waals surface area contributed by atoms with Crippen LogP contribution >= 0.6 is 19.2 Å². The third kappa shape index (κ3) is 8.15. The van der Waals surface area contributed by atoms with Gasteiger partial charge in [0, 0.05) is 0 Å². The summed E-state index contributed by atoms with van der Waals surface area (Å²) in [4.78, 5) is 0. The molecule has 6 heteroatoms. The summed E-state index contributed by atoms with van der Waals surface area (Å²) in [6, 6.07) is 0. The summed E-state index contributed by atoms with van der Waals surface area (Å²) < 4.78 is 28.5. The van der Waals surface area contributed by atoms with Crippen LogP contribution in [0.2, 0.25) is 0 Å². The molecule has 0 aliphatic carbocycles. The minimum absolute atomic E-state index is 0.131. The van der Waals surface area contributed by atoms with Gasteiger partial charge in [-0.2, -0.15) is 0 Å². The van der Waals surface area contributed by atoms with Crippen LogP contribution in [0.5, 0.6) is 0 Å². The lowest BCUT2D eigenvalue weighted by molar-refractivity contribution is 0.150. The maximum absolute atomic E-state index is 12.4. The maximum Gasteiger partial charge on any atom is 0.357 e. The van der Waals surface area contributed by atoms with E-state index in [1.165, 1.54) is 5.82 Å². The van der Waals surface area contributed by atoms with Gasteiger partial charge in [-0.05, 0) is 26.7 Å². The minimum Gasteiger partial charge on any atom is -0.494 e. The molecule has 1 unspecified atom stereocenters. The lowest BCUT2D eigenvalue weighted by Gasteiger charge is -2.17. The van der Waals surface area contributed by atoms with Gasteiger partial charge in [-0.15, -0.1) is 11.6 Å². The Bertz CT molecular complexity index is 282. The fraction of sp³-hybridized carbons (Fsp3) is 0.833. The van der Waals surface area contributed by atoms with Crippen LogP contribution in [-0.2, 0) is 18.3 Å². The second-order valence-corrected chi connectivity index (χ2v) is 6.19. The van der Waals surface area contributed by atoms with E-state index in [4.69, 9.17) is 25.4 Å². The quantitative estimate of drug-likeness (QED) is 0.337. The Morgan fingerprint density at radius 2 is 1.78 bits per heavy atom. The van der Waals surface area contributed by atoms with Crippen LogP contribution < -0.4 is 0 Å². The number of halogens is 1. The average Bonchev–Trinajstić information content (AvgIpc) is 2.33. The Morgan fingerprint density at radius 1 is 1.28 bits per heavy atom. The van der Waals surface area contributed by atoms with Crippen LogP contribution in [0.25, 0.3) is 0 Å². The number of ether oxygens (including phenoxy) is 1. The summed E-state index contributed by atoms with van der Waals surface area (Å²) in [6.07, 6.45) is 1.44. The molecule has 0 aliphatic rings. The second-order valence-electron chi connectivity index (χ2n) is 4.03. The Hall–Kier alpha value is -0.0200. The highest BCUT2D eigenvalue weighted by atomic mass is 35.5. The van der Waals surface area contributed by atoms with Gasteiger partial charge in [0.15, 0.2) is 0 Å². The van der Waals surface area contributed by atoms with Crippen LogP contribution in [0.3, 0.4) is 0 Å². The van der Waals surface area contributed by atoms with Crippen molar-refractivity contribution in [2.24, 2.45) is 0 Å². The van der Waals surface area contributed by atoms with E-state index in [9.17, 15) is 4.57 Å². The SMILES string of the molecule is CCCOP(=O)(/C=C(\C)OC(C)CCl)OCCC. The first-order valence-corrected chi connectivity index (χ1v) is 8.43. The number of alkyl halides is 1. The van der Waals surface area contributed by atoms with E-state index in [1.54, 1.807) is 6.92 Å². The highest BCUT2D eigenvalue weighted by molar-refractivity contribution is 7.57. The standard InChI is InChI=1S/C12H24ClO4P/c1-5-7-15-18(14,16-8-6-2)10-12(4)17-11(3)9-13/h10-11H,5-9H2,1-4H3/b12-10+. The Labute approximate surface area is 115 Å². The lowest BCUT2D eigenvalue weighted by atomic mass is 10.5. The van der Waals surface area contributed by atoms with Gasteiger partial charge >= 0.3 is 7.60 Å². The molecule has 0 spiro atoms. The first kappa shape index (κ1) is 18.0. The van der Waals surface area contributed by atoms with E-state index in [1.807, 2.05) is 20.8 Å². The van der Waals surface area contributed by atoms with Crippen molar-refractivity contribution in [2.75, 3.05) is 19.1 Å². The zero-order valence-corrected chi connectivity index (χ0v) is 13.3. The molecule has 108 valence electrons. The Kier molecular flexibility index (Phi) is 9.84. The van der Waals surface area contributed by atoms with Crippen molar-refractivity contribution in [3.63, 3.8) is 0 Å². The van der Waals surface area contributed by atoms with Crippen LogP contribution in [-0.4, -0.2) is 25.2 Å². The number of hydrogen-bond donors (Lipinski definition) is 0. The molecule has 0 rings (SSSR count). The van der Waals surface area contributed by atoms with Gasteiger partial charge in [0.2, 0.25) is 0 Å². The lowest BCUT2D eigenvalue weighted by Crippen LogP contribution is -2.08. The molecule has 0 fully saturated rings. The van der Waals surface area contributed by atoms with Gasteiger partial charge in [-0.1, -0.05) is 13.8 Å². The number of rotatable bonds is 10. The molecule has 1 atom stereocenters. The first-order valence-electron chi connectivity index (χ1n) is 6.28. The zero-order valence-electron chi connectivity index (χ0n) is 11.6. The van der Waals surface area contributed by atoms with Crippen LogP contribution in [0.4, 0.5) is 0 Å². The average molecular weight is 299 g/mol. The third-order valence-corrected chi connectivity index (χ3v) is 4.09. The van der Waals surface area contributed by atoms with Crippen molar-refractivity contribution in [3.05, 3.63) is 11.6 Å². The van der Waals surface area contributed by atoms with Crippen molar-refractivity contribution in [1.82, 2.24) is 0 Å². The van der Waals surface area contributed by atoms with E-state index in [0.717, 1.165) is 12.8 Å². The normalized spacial score (nSPS) is 14.6. The molecule has 0 aliphatic heterocycles. The Balaban J connectivity index is 4.63. The second kappa shape index (κ2) is 9.85. The smallest absolute Gasteiger partial charge is 0.357 e. The summed E-state index contributed by atoms with van der Waals surface area (Å²) in [5.74, 6) is 2.32. The fourth-order valence-corrected chi connectivity index (χ4v) is 2.82. The van der Waals surface area contributed by atoms with Gasteiger partial charge in [-0.25, -0.2) is 0 Å². The molecular weight excluding hydrogens is 275 g/mol. The largest absolute Gasteiger partial charge is 0.494 e. The highest BCUT2D eigenvalue weighted by Crippen LogP contribution is 2.51. The molecule has 0 aromatic rings. The highest BCUT2D eigenvalue weighted by Gasteiger charge is 2.22. The predicted molar refractivity (Wildman–Crippen MR) is 75.1 cm³/mol. The number of hydrogen-bond acceptors (Lipinski definition) is 4. The molecule has 0 bridgehead atoms. The molecular formula is C12H24ClO4P. The van der Waals surface area contributed by atoms with Crippen LogP contribution in [0.1, 0.15) is 40.5 Å². The summed E-state index contributed by atoms with van der Waals surface area (Å²) >= 11 is 5.65. The molecule has 0 aromatic heterocycles. The van der Waals surface area contributed by atoms with E-state index in [2.05, 4.69) is 0 Å². The monoisotopic (exact) mass is 298 g/mol. The van der Waals surface area contributed by atoms with Gasteiger partial charge in [0.1, 0.15) is 11.9 Å². The molecule has 0 radical (unpaired) electrons. The molecule has 0 heterocycles. The van der Waals surface area contributed by atoms with Crippen molar-refractivity contribution in [1.29, 1.82) is 0 Å². The van der Waals surface area contributed by atoms with Crippen LogP contribution in [0.15, 0.2) is 11.6 Å². The third-order valence-electron chi connectivity index (χ3n) is 1.90. The van der Waals surface area contributed by atoms with E-state index in [0.29, 0.717) is 24.9 Å². The fourth-order valence-electron chi connectivity index (χ4n) is 1.15. The predicted octanol–water partition coefficient (Wildman–Crippen LogP) is 4.54. The zero-order chi connectivity index (χ0) is 14.0. The summed E-state index contributed by atoms with van der Waals surface area (Å²) in [6.45, 7) is 8.26. The molecule has 4 nitrogen and oxygen atoms in total. The molecule has 0 N–H and O–H groups in total.